The number of piperazine rings is 1. The molecular weight excluding hydrogens is 395 g/mol. The number of rotatable bonds is 5. The van der Waals surface area contributed by atoms with Gasteiger partial charge in [-0.05, 0) is 36.4 Å². The van der Waals surface area contributed by atoms with Gasteiger partial charge in [0.2, 0.25) is 21.9 Å². The molecule has 29 heavy (non-hydrogen) atoms. The molecule has 0 amide bonds. The van der Waals surface area contributed by atoms with E-state index in [9.17, 15) is 12.8 Å². The van der Waals surface area contributed by atoms with Crippen LogP contribution in [-0.4, -0.2) is 48.9 Å². The van der Waals surface area contributed by atoms with Gasteiger partial charge in [-0.2, -0.15) is 9.29 Å². The van der Waals surface area contributed by atoms with Crippen LogP contribution in [0.1, 0.15) is 0 Å². The fourth-order valence-corrected chi connectivity index (χ4v) is 4.48. The third kappa shape index (κ3) is 4.36. The van der Waals surface area contributed by atoms with Gasteiger partial charge in [-0.3, -0.25) is 0 Å². The van der Waals surface area contributed by atoms with Gasteiger partial charge in [-0.25, -0.2) is 17.8 Å². The Kier molecular flexibility index (Phi) is 5.41. The molecule has 0 aliphatic carbocycles. The number of ether oxygens (including phenoxy) is 1. The van der Waals surface area contributed by atoms with E-state index in [4.69, 9.17) is 4.74 Å². The van der Waals surface area contributed by atoms with Gasteiger partial charge >= 0.3 is 0 Å². The van der Waals surface area contributed by atoms with Crippen molar-refractivity contribution in [1.82, 2.24) is 14.3 Å². The predicted octanol–water partition coefficient (Wildman–Crippen LogP) is 2.92. The monoisotopic (exact) mass is 414 g/mol. The number of halogens is 1. The van der Waals surface area contributed by atoms with E-state index in [1.54, 1.807) is 42.6 Å². The second-order valence-electron chi connectivity index (χ2n) is 6.46. The molecule has 150 valence electrons. The van der Waals surface area contributed by atoms with Crippen molar-refractivity contribution in [2.75, 3.05) is 31.1 Å². The summed E-state index contributed by atoms with van der Waals surface area (Å²) in [7, 11) is -3.51. The molecule has 1 aliphatic rings. The average Bonchev–Trinajstić information content (AvgIpc) is 2.76. The Balaban J connectivity index is 1.43. The lowest BCUT2D eigenvalue weighted by molar-refractivity contribution is 0.381. The predicted molar refractivity (Wildman–Crippen MR) is 106 cm³/mol. The Morgan fingerprint density at radius 3 is 2.28 bits per heavy atom. The molecule has 1 fully saturated rings. The van der Waals surface area contributed by atoms with Crippen LogP contribution in [0.4, 0.5) is 10.3 Å². The number of hydrogen-bond donors (Lipinski definition) is 0. The zero-order valence-electron chi connectivity index (χ0n) is 15.5. The summed E-state index contributed by atoms with van der Waals surface area (Å²) in [6, 6.07) is 15.7. The number of nitrogens with zero attached hydrogens (tertiary/aromatic N) is 4. The van der Waals surface area contributed by atoms with Crippen LogP contribution in [-0.2, 0) is 10.0 Å². The van der Waals surface area contributed by atoms with Crippen molar-refractivity contribution >= 4 is 16.0 Å². The first-order valence-corrected chi connectivity index (χ1v) is 10.5. The normalized spacial score (nSPS) is 15.3. The van der Waals surface area contributed by atoms with Gasteiger partial charge < -0.3 is 9.64 Å². The largest absolute Gasteiger partial charge is 0.439 e. The van der Waals surface area contributed by atoms with E-state index in [-0.39, 0.29) is 5.82 Å². The maximum atomic E-state index is 13.0. The molecule has 4 rings (SSSR count). The summed E-state index contributed by atoms with van der Waals surface area (Å²) in [5.74, 6) is 0.918. The third-order valence-electron chi connectivity index (χ3n) is 4.56. The summed E-state index contributed by atoms with van der Waals surface area (Å²) in [6.45, 7) is 1.60. The van der Waals surface area contributed by atoms with Crippen LogP contribution in [0.15, 0.2) is 71.8 Å². The van der Waals surface area contributed by atoms with Crippen LogP contribution in [0.25, 0.3) is 0 Å². The topological polar surface area (TPSA) is 75.6 Å². The minimum atomic E-state index is -3.51. The summed E-state index contributed by atoms with van der Waals surface area (Å²) in [6.07, 6.45) is 1.58. The number of sulfonamides is 1. The molecule has 0 bridgehead atoms. The number of anilines is 1. The highest BCUT2D eigenvalue weighted by atomic mass is 32.2. The molecule has 2 aromatic carbocycles. The second-order valence-corrected chi connectivity index (χ2v) is 8.39. The maximum Gasteiger partial charge on any atom is 0.243 e. The highest BCUT2D eigenvalue weighted by molar-refractivity contribution is 7.89. The van der Waals surface area contributed by atoms with Crippen molar-refractivity contribution in [1.29, 1.82) is 0 Å². The average molecular weight is 414 g/mol. The van der Waals surface area contributed by atoms with Gasteiger partial charge in [0.05, 0.1) is 4.90 Å². The molecule has 1 aromatic heterocycles. The number of hydrogen-bond acceptors (Lipinski definition) is 6. The van der Waals surface area contributed by atoms with Gasteiger partial charge in [-0.1, -0.05) is 18.2 Å². The molecule has 0 radical (unpaired) electrons. The highest BCUT2D eigenvalue weighted by Gasteiger charge is 2.29. The molecular formula is C20H19FN4O3S. The molecule has 2 heterocycles. The molecule has 9 heteroatoms. The second kappa shape index (κ2) is 8.14. The minimum Gasteiger partial charge on any atom is -0.439 e. The number of aromatic nitrogens is 2. The van der Waals surface area contributed by atoms with Gasteiger partial charge in [0.1, 0.15) is 11.6 Å². The molecule has 0 spiro atoms. The Bertz CT molecular complexity index is 1070. The van der Waals surface area contributed by atoms with E-state index in [0.717, 1.165) is 0 Å². The lowest BCUT2D eigenvalue weighted by atomic mass is 10.3. The van der Waals surface area contributed by atoms with E-state index in [1.807, 2.05) is 4.90 Å². The van der Waals surface area contributed by atoms with Crippen LogP contribution in [0, 0.1) is 5.82 Å². The quantitative estimate of drug-likeness (QED) is 0.639. The fraction of sp³-hybridized carbons (Fsp3) is 0.200. The third-order valence-corrected chi connectivity index (χ3v) is 6.47. The van der Waals surface area contributed by atoms with Crippen molar-refractivity contribution in [3.8, 4) is 11.6 Å². The van der Waals surface area contributed by atoms with Crippen molar-refractivity contribution in [3.05, 3.63) is 72.7 Å². The smallest absolute Gasteiger partial charge is 0.243 e. The summed E-state index contributed by atoms with van der Waals surface area (Å²) in [4.78, 5) is 10.9. The SMILES string of the molecule is O=S(=O)(c1ccccc1)N1CCN(c2nccc(Oc3ccc(F)cc3)n2)CC1. The summed E-state index contributed by atoms with van der Waals surface area (Å²) in [5.41, 5.74) is 0. The van der Waals surface area contributed by atoms with Gasteiger partial charge in [0.25, 0.3) is 0 Å². The van der Waals surface area contributed by atoms with Crippen molar-refractivity contribution < 1.29 is 17.5 Å². The molecule has 7 nitrogen and oxygen atoms in total. The van der Waals surface area contributed by atoms with Crippen molar-refractivity contribution in [2.24, 2.45) is 0 Å². The molecule has 0 saturated carbocycles. The lowest BCUT2D eigenvalue weighted by Crippen LogP contribution is -2.49. The molecule has 0 N–H and O–H groups in total. The van der Waals surface area contributed by atoms with E-state index < -0.39 is 10.0 Å². The first-order chi connectivity index (χ1) is 14.0. The summed E-state index contributed by atoms with van der Waals surface area (Å²) in [5, 5.41) is 0. The van der Waals surface area contributed by atoms with Crippen molar-refractivity contribution in [3.63, 3.8) is 0 Å². The van der Waals surface area contributed by atoms with Crippen LogP contribution in [0.3, 0.4) is 0 Å². The van der Waals surface area contributed by atoms with Crippen LogP contribution in [0.2, 0.25) is 0 Å². The molecule has 3 aromatic rings. The first kappa shape index (κ1) is 19.3. The Hall–Kier alpha value is -3.04. The fourth-order valence-electron chi connectivity index (χ4n) is 3.03. The van der Waals surface area contributed by atoms with Gasteiger partial charge in [-0.15, -0.1) is 0 Å². The molecule has 1 aliphatic heterocycles. The van der Waals surface area contributed by atoms with Gasteiger partial charge in [0, 0.05) is 38.4 Å². The molecule has 1 saturated heterocycles. The zero-order chi connectivity index (χ0) is 20.3. The zero-order valence-corrected chi connectivity index (χ0v) is 16.3. The first-order valence-electron chi connectivity index (χ1n) is 9.09. The van der Waals surface area contributed by atoms with Crippen LogP contribution >= 0.6 is 0 Å². The van der Waals surface area contributed by atoms with E-state index >= 15 is 0 Å². The minimum absolute atomic E-state index is 0.291. The molecule has 0 unspecified atom stereocenters. The van der Waals surface area contributed by atoms with Crippen LogP contribution in [0.5, 0.6) is 11.6 Å². The summed E-state index contributed by atoms with van der Waals surface area (Å²) >= 11 is 0. The van der Waals surface area contributed by atoms with Gasteiger partial charge in [0.15, 0.2) is 0 Å². The van der Waals surface area contributed by atoms with E-state index in [2.05, 4.69) is 9.97 Å². The summed E-state index contributed by atoms with van der Waals surface area (Å²) < 4.78 is 45.6. The lowest BCUT2D eigenvalue weighted by Gasteiger charge is -2.34. The highest BCUT2D eigenvalue weighted by Crippen LogP contribution is 2.23. The Morgan fingerprint density at radius 1 is 0.897 bits per heavy atom. The van der Waals surface area contributed by atoms with Crippen LogP contribution < -0.4 is 9.64 Å². The van der Waals surface area contributed by atoms with E-state index in [0.29, 0.717) is 48.7 Å². The van der Waals surface area contributed by atoms with Crippen molar-refractivity contribution in [2.45, 2.75) is 4.90 Å². The Morgan fingerprint density at radius 2 is 1.59 bits per heavy atom. The van der Waals surface area contributed by atoms with E-state index in [1.165, 1.54) is 28.6 Å². The number of benzene rings is 2. The maximum absolute atomic E-state index is 13.0. The standard InChI is InChI=1S/C20H19FN4O3S/c21-16-6-8-17(9-7-16)28-19-10-11-22-20(23-19)24-12-14-25(15-13-24)29(26,27)18-4-2-1-3-5-18/h1-11H,12-15H2. The Labute approximate surface area is 168 Å². The molecule has 0 atom stereocenters.